The molecule has 0 radical (unpaired) electrons. The average molecular weight is 447 g/mol. The smallest absolute Gasteiger partial charge is 0.293 e. The molecule has 0 saturated carbocycles. The Bertz CT molecular complexity index is 1360. The van der Waals surface area contributed by atoms with E-state index in [4.69, 9.17) is 9.47 Å². The van der Waals surface area contributed by atoms with E-state index in [1.165, 1.54) is 18.9 Å². The zero-order valence-corrected chi connectivity index (χ0v) is 18.9. The Kier molecular flexibility index (Phi) is 6.12. The first-order chi connectivity index (χ1) is 15.9. The molecule has 0 fully saturated rings. The predicted octanol–water partition coefficient (Wildman–Crippen LogP) is 3.36. The number of nitrogens with one attached hydrogen (secondary N) is 1. The van der Waals surface area contributed by atoms with Gasteiger partial charge in [0.2, 0.25) is 5.91 Å². The van der Waals surface area contributed by atoms with Crippen LogP contribution in [0, 0.1) is 0 Å². The molecule has 170 valence electrons. The van der Waals surface area contributed by atoms with Gasteiger partial charge in [-0.25, -0.2) is 9.36 Å². The van der Waals surface area contributed by atoms with Gasteiger partial charge in [-0.15, -0.1) is 0 Å². The number of nitrogens with zero attached hydrogens (tertiary/aromatic N) is 4. The van der Waals surface area contributed by atoms with Crippen LogP contribution in [0.2, 0.25) is 0 Å². The lowest BCUT2D eigenvalue weighted by Crippen LogP contribution is -2.31. The van der Waals surface area contributed by atoms with Gasteiger partial charge in [0.15, 0.2) is 11.5 Å². The quantitative estimate of drug-likeness (QED) is 0.466. The van der Waals surface area contributed by atoms with E-state index in [0.717, 1.165) is 5.69 Å². The summed E-state index contributed by atoms with van der Waals surface area (Å²) in [4.78, 5) is 26.1. The molecular weight excluding hydrogens is 422 g/mol. The Balaban J connectivity index is 1.71. The molecule has 4 aromatic rings. The first kappa shape index (κ1) is 22.1. The lowest BCUT2D eigenvalue weighted by atomic mass is 10.1. The molecule has 0 atom stereocenters. The maximum Gasteiger partial charge on any atom is 0.293 e. The van der Waals surface area contributed by atoms with Gasteiger partial charge in [0, 0.05) is 17.1 Å². The van der Waals surface area contributed by atoms with Crippen molar-refractivity contribution in [3.05, 3.63) is 70.8 Å². The molecule has 0 spiro atoms. The fourth-order valence-corrected chi connectivity index (χ4v) is 3.64. The van der Waals surface area contributed by atoms with Gasteiger partial charge in [0.1, 0.15) is 12.1 Å². The molecule has 0 bridgehead atoms. The fourth-order valence-electron chi connectivity index (χ4n) is 3.64. The Hall–Kier alpha value is -4.14. The second-order valence-electron chi connectivity index (χ2n) is 7.77. The minimum absolute atomic E-state index is 0.0293. The third kappa shape index (κ3) is 4.30. The molecule has 33 heavy (non-hydrogen) atoms. The highest BCUT2D eigenvalue weighted by Gasteiger charge is 2.20. The largest absolute Gasteiger partial charge is 0.493 e. The van der Waals surface area contributed by atoms with Crippen molar-refractivity contribution in [2.45, 2.75) is 26.3 Å². The van der Waals surface area contributed by atoms with E-state index < -0.39 is 11.5 Å². The lowest BCUT2D eigenvalue weighted by Gasteiger charge is -2.13. The summed E-state index contributed by atoms with van der Waals surface area (Å²) in [6, 6.07) is 14.4. The number of para-hydroxylation sites is 1. The van der Waals surface area contributed by atoms with Crippen LogP contribution in [0.3, 0.4) is 0 Å². The number of benzene rings is 2. The molecule has 9 heteroatoms. The monoisotopic (exact) mass is 447 g/mol. The number of anilines is 1. The molecule has 0 aliphatic rings. The number of carbonyl (C=O) groups is 1. The van der Waals surface area contributed by atoms with Gasteiger partial charge in [0.25, 0.3) is 5.56 Å². The number of fused-ring (bicyclic) bond motifs is 1. The van der Waals surface area contributed by atoms with E-state index in [2.05, 4.69) is 15.5 Å². The molecule has 1 N–H and O–H groups in total. The minimum Gasteiger partial charge on any atom is -0.493 e. The van der Waals surface area contributed by atoms with Crippen molar-refractivity contribution in [2.24, 2.45) is 0 Å². The van der Waals surface area contributed by atoms with Gasteiger partial charge in [0.05, 0.1) is 31.8 Å². The SMILES string of the molecule is COc1ccc(NC(=O)Cn2nc(C(C)C)c3cnn(-c4ccccc4)c3c2=O)cc1OC. The normalized spacial score (nSPS) is 11.1. The van der Waals surface area contributed by atoms with Crippen molar-refractivity contribution in [1.82, 2.24) is 19.6 Å². The summed E-state index contributed by atoms with van der Waals surface area (Å²) >= 11 is 0. The van der Waals surface area contributed by atoms with Gasteiger partial charge in [-0.3, -0.25) is 9.59 Å². The first-order valence-corrected chi connectivity index (χ1v) is 10.5. The molecular formula is C24H25N5O4. The number of amides is 1. The van der Waals surface area contributed by atoms with Crippen molar-refractivity contribution in [2.75, 3.05) is 19.5 Å². The number of methoxy groups -OCH3 is 2. The number of ether oxygens (including phenoxy) is 2. The van der Waals surface area contributed by atoms with Gasteiger partial charge in [-0.05, 0) is 30.2 Å². The van der Waals surface area contributed by atoms with Crippen LogP contribution in [-0.2, 0) is 11.3 Å². The van der Waals surface area contributed by atoms with E-state index in [1.54, 1.807) is 29.1 Å². The summed E-state index contributed by atoms with van der Waals surface area (Å²) in [6.45, 7) is 3.73. The van der Waals surface area contributed by atoms with Gasteiger partial charge in [-0.1, -0.05) is 32.0 Å². The third-order valence-electron chi connectivity index (χ3n) is 5.22. The Morgan fingerprint density at radius 1 is 1.06 bits per heavy atom. The minimum atomic E-state index is -0.392. The van der Waals surface area contributed by atoms with E-state index in [-0.39, 0.29) is 12.5 Å². The molecule has 0 unspecified atom stereocenters. The second-order valence-corrected chi connectivity index (χ2v) is 7.77. The Labute approximate surface area is 190 Å². The van der Waals surface area contributed by atoms with Gasteiger partial charge in [-0.2, -0.15) is 10.2 Å². The van der Waals surface area contributed by atoms with Crippen LogP contribution < -0.4 is 20.3 Å². The highest BCUT2D eigenvalue weighted by Crippen LogP contribution is 2.29. The maximum absolute atomic E-state index is 13.4. The molecule has 1 amide bonds. The van der Waals surface area contributed by atoms with E-state index in [0.29, 0.717) is 33.8 Å². The van der Waals surface area contributed by atoms with Crippen molar-refractivity contribution in [3.63, 3.8) is 0 Å². The summed E-state index contributed by atoms with van der Waals surface area (Å²) in [7, 11) is 3.06. The van der Waals surface area contributed by atoms with Crippen LogP contribution in [0.25, 0.3) is 16.6 Å². The van der Waals surface area contributed by atoms with E-state index in [1.807, 2.05) is 44.2 Å². The number of rotatable bonds is 7. The van der Waals surface area contributed by atoms with Crippen LogP contribution >= 0.6 is 0 Å². The molecule has 2 heterocycles. The van der Waals surface area contributed by atoms with Crippen LogP contribution in [0.1, 0.15) is 25.5 Å². The van der Waals surface area contributed by atoms with Crippen molar-refractivity contribution < 1.29 is 14.3 Å². The number of hydrogen-bond acceptors (Lipinski definition) is 6. The molecule has 4 rings (SSSR count). The van der Waals surface area contributed by atoms with Gasteiger partial charge < -0.3 is 14.8 Å². The maximum atomic E-state index is 13.4. The summed E-state index contributed by atoms with van der Waals surface area (Å²) < 4.78 is 13.3. The summed E-state index contributed by atoms with van der Waals surface area (Å²) in [5, 5.41) is 12.4. The van der Waals surface area contributed by atoms with Gasteiger partial charge >= 0.3 is 0 Å². The summed E-state index contributed by atoms with van der Waals surface area (Å²) in [5.41, 5.74) is 1.97. The number of hydrogen-bond donors (Lipinski definition) is 1. The fraction of sp³-hybridized carbons (Fsp3) is 0.250. The molecule has 9 nitrogen and oxygen atoms in total. The van der Waals surface area contributed by atoms with E-state index in [9.17, 15) is 9.59 Å². The number of carbonyl (C=O) groups excluding carboxylic acids is 1. The van der Waals surface area contributed by atoms with Crippen LogP contribution in [0.4, 0.5) is 5.69 Å². The van der Waals surface area contributed by atoms with Crippen LogP contribution in [0.5, 0.6) is 11.5 Å². The van der Waals surface area contributed by atoms with Crippen LogP contribution in [-0.4, -0.2) is 39.7 Å². The molecule has 0 saturated heterocycles. The molecule has 0 aliphatic heterocycles. The lowest BCUT2D eigenvalue weighted by molar-refractivity contribution is -0.117. The molecule has 2 aromatic carbocycles. The zero-order chi connectivity index (χ0) is 23.5. The van der Waals surface area contributed by atoms with Crippen LogP contribution in [0.15, 0.2) is 59.5 Å². The topological polar surface area (TPSA) is 100 Å². The Morgan fingerprint density at radius 2 is 1.79 bits per heavy atom. The number of aromatic nitrogens is 4. The van der Waals surface area contributed by atoms with Crippen molar-refractivity contribution in [1.29, 1.82) is 0 Å². The highest BCUT2D eigenvalue weighted by atomic mass is 16.5. The summed E-state index contributed by atoms with van der Waals surface area (Å²) in [6.07, 6.45) is 1.65. The molecule has 2 aromatic heterocycles. The first-order valence-electron chi connectivity index (χ1n) is 10.5. The highest BCUT2D eigenvalue weighted by molar-refractivity contribution is 5.91. The molecule has 0 aliphatic carbocycles. The predicted molar refractivity (Wildman–Crippen MR) is 125 cm³/mol. The average Bonchev–Trinajstić information content (AvgIpc) is 3.26. The van der Waals surface area contributed by atoms with Crippen molar-refractivity contribution in [3.8, 4) is 17.2 Å². The standard InChI is InChI=1S/C24H25N5O4/c1-15(2)22-18-13-25-29(17-8-6-5-7-9-17)23(18)24(31)28(27-22)14-21(30)26-16-10-11-19(32-3)20(12-16)33-4/h5-13,15H,14H2,1-4H3,(H,26,30). The zero-order valence-electron chi connectivity index (χ0n) is 18.9. The van der Waals surface area contributed by atoms with Crippen molar-refractivity contribution >= 4 is 22.5 Å². The summed E-state index contributed by atoms with van der Waals surface area (Å²) in [5.74, 6) is 0.675. The second kappa shape index (κ2) is 9.15. The third-order valence-corrected chi connectivity index (χ3v) is 5.22. The van der Waals surface area contributed by atoms with E-state index >= 15 is 0 Å². The Morgan fingerprint density at radius 3 is 2.45 bits per heavy atom.